The summed E-state index contributed by atoms with van der Waals surface area (Å²) in [5.41, 5.74) is 0. The number of hydrogen-bond donors (Lipinski definition) is 0. The molecule has 0 aromatic rings. The van der Waals surface area contributed by atoms with Gasteiger partial charge in [0.15, 0.2) is 5.78 Å². The second kappa shape index (κ2) is 6.18. The fourth-order valence-electron chi connectivity index (χ4n) is 1.74. The first-order valence-corrected chi connectivity index (χ1v) is 5.50. The predicted octanol–water partition coefficient (Wildman–Crippen LogP) is 1.02. The molecule has 1 aliphatic carbocycles. The molecule has 17 heavy (non-hydrogen) atoms. The fourth-order valence-corrected chi connectivity index (χ4v) is 1.74. The molecule has 0 fully saturated rings. The van der Waals surface area contributed by atoms with Gasteiger partial charge in [-0.05, 0) is 18.9 Å². The van der Waals surface area contributed by atoms with Crippen LogP contribution in [0.25, 0.3) is 0 Å². The Bertz CT molecular complexity index is 345. The molecule has 0 radical (unpaired) electrons. The lowest BCUT2D eigenvalue weighted by Gasteiger charge is -2.25. The molecule has 0 N–H and O–H groups in total. The van der Waals surface area contributed by atoms with Crippen molar-refractivity contribution in [2.24, 2.45) is 5.92 Å². The molecule has 0 amide bonds. The number of carbonyl (C=O) groups is 3. The summed E-state index contributed by atoms with van der Waals surface area (Å²) in [6.07, 6.45) is 4.41. The Kier molecular flexibility index (Phi) is 4.87. The van der Waals surface area contributed by atoms with Crippen LogP contribution in [0.1, 0.15) is 26.7 Å². The molecular formula is C12H16O5. The molecule has 94 valence electrons. The van der Waals surface area contributed by atoms with Crippen LogP contribution >= 0.6 is 0 Å². The van der Waals surface area contributed by atoms with Crippen molar-refractivity contribution in [2.75, 3.05) is 6.61 Å². The van der Waals surface area contributed by atoms with Crippen LogP contribution in [-0.2, 0) is 23.9 Å². The minimum absolute atomic E-state index is 0.212. The van der Waals surface area contributed by atoms with Crippen molar-refractivity contribution in [3.63, 3.8) is 0 Å². The van der Waals surface area contributed by atoms with Crippen LogP contribution in [0.2, 0.25) is 0 Å². The summed E-state index contributed by atoms with van der Waals surface area (Å²) in [5.74, 6) is -1.54. The van der Waals surface area contributed by atoms with E-state index in [0.29, 0.717) is 6.42 Å². The number of ether oxygens (including phenoxy) is 2. The molecule has 1 rings (SSSR count). The fraction of sp³-hybridized carbons (Fsp3) is 0.583. The number of esters is 2. The number of hydrogen-bond acceptors (Lipinski definition) is 5. The molecule has 0 aliphatic heterocycles. The van der Waals surface area contributed by atoms with E-state index in [1.807, 2.05) is 6.08 Å². The zero-order valence-electron chi connectivity index (χ0n) is 9.97. The summed E-state index contributed by atoms with van der Waals surface area (Å²) < 4.78 is 9.70. The number of allylic oxidation sites excluding steroid dienone is 1. The highest BCUT2D eigenvalue weighted by atomic mass is 16.5. The Hall–Kier alpha value is -1.65. The Morgan fingerprint density at radius 3 is 2.53 bits per heavy atom. The van der Waals surface area contributed by atoms with Crippen molar-refractivity contribution in [1.29, 1.82) is 0 Å². The van der Waals surface area contributed by atoms with Crippen LogP contribution in [-0.4, -0.2) is 30.4 Å². The van der Waals surface area contributed by atoms with Crippen molar-refractivity contribution < 1.29 is 23.9 Å². The monoisotopic (exact) mass is 240 g/mol. The summed E-state index contributed by atoms with van der Waals surface area (Å²) in [6, 6.07) is 0. The predicted molar refractivity (Wildman–Crippen MR) is 59.1 cm³/mol. The normalized spacial score (nSPS) is 22.9. The van der Waals surface area contributed by atoms with Gasteiger partial charge in [-0.3, -0.25) is 14.4 Å². The van der Waals surface area contributed by atoms with E-state index < -0.39 is 24.0 Å². The molecular weight excluding hydrogens is 224 g/mol. The summed E-state index contributed by atoms with van der Waals surface area (Å²) in [7, 11) is 0. The SMILES string of the molecule is CC(=O)OCC(=O)C1CCC=CC1OC(C)=O. The molecule has 0 aromatic heterocycles. The van der Waals surface area contributed by atoms with E-state index >= 15 is 0 Å². The maximum Gasteiger partial charge on any atom is 0.303 e. The highest BCUT2D eigenvalue weighted by molar-refractivity contribution is 5.85. The second-order valence-corrected chi connectivity index (χ2v) is 3.93. The first-order valence-electron chi connectivity index (χ1n) is 5.50. The summed E-state index contributed by atoms with van der Waals surface area (Å²) >= 11 is 0. The molecule has 0 spiro atoms. The molecule has 5 heteroatoms. The molecule has 0 saturated carbocycles. The van der Waals surface area contributed by atoms with Crippen molar-refractivity contribution in [2.45, 2.75) is 32.8 Å². The van der Waals surface area contributed by atoms with E-state index in [-0.39, 0.29) is 12.4 Å². The third-order valence-corrected chi connectivity index (χ3v) is 2.50. The Morgan fingerprint density at radius 2 is 1.94 bits per heavy atom. The van der Waals surface area contributed by atoms with Gasteiger partial charge in [-0.1, -0.05) is 6.08 Å². The first kappa shape index (κ1) is 13.4. The highest BCUT2D eigenvalue weighted by Crippen LogP contribution is 2.22. The first-order chi connectivity index (χ1) is 8.00. The third-order valence-electron chi connectivity index (χ3n) is 2.50. The van der Waals surface area contributed by atoms with E-state index in [1.54, 1.807) is 6.08 Å². The van der Waals surface area contributed by atoms with E-state index in [0.717, 1.165) is 6.42 Å². The summed E-state index contributed by atoms with van der Waals surface area (Å²) in [5, 5.41) is 0. The largest absolute Gasteiger partial charge is 0.458 e. The average Bonchev–Trinajstić information content (AvgIpc) is 2.25. The van der Waals surface area contributed by atoms with Crippen LogP contribution in [0.5, 0.6) is 0 Å². The Labute approximate surface area is 99.8 Å². The minimum atomic E-state index is -0.538. The van der Waals surface area contributed by atoms with Gasteiger partial charge in [0.25, 0.3) is 0 Å². The van der Waals surface area contributed by atoms with Gasteiger partial charge in [-0.25, -0.2) is 0 Å². The molecule has 2 unspecified atom stereocenters. The standard InChI is InChI=1S/C12H16O5/c1-8(13)16-7-11(15)10-5-3-4-6-12(10)17-9(2)14/h4,6,10,12H,3,5,7H2,1-2H3. The molecule has 5 nitrogen and oxygen atoms in total. The van der Waals surface area contributed by atoms with Crippen LogP contribution in [0.3, 0.4) is 0 Å². The summed E-state index contributed by atoms with van der Waals surface area (Å²) in [6.45, 7) is 2.29. The van der Waals surface area contributed by atoms with Crippen molar-refractivity contribution in [1.82, 2.24) is 0 Å². The minimum Gasteiger partial charge on any atom is -0.458 e. The van der Waals surface area contributed by atoms with Crippen LogP contribution < -0.4 is 0 Å². The van der Waals surface area contributed by atoms with Gasteiger partial charge < -0.3 is 9.47 Å². The topological polar surface area (TPSA) is 69.7 Å². The van der Waals surface area contributed by atoms with Gasteiger partial charge in [0.1, 0.15) is 12.7 Å². The maximum absolute atomic E-state index is 11.8. The lowest BCUT2D eigenvalue weighted by molar-refractivity contribution is -0.153. The quantitative estimate of drug-likeness (QED) is 0.542. The van der Waals surface area contributed by atoms with Gasteiger partial charge in [-0.15, -0.1) is 0 Å². The number of Topliss-reactive ketones (excluding diaryl/α,β-unsaturated/α-hetero) is 1. The number of carbonyl (C=O) groups excluding carboxylic acids is 3. The molecule has 1 aliphatic rings. The zero-order valence-corrected chi connectivity index (χ0v) is 9.97. The van der Waals surface area contributed by atoms with Crippen LogP contribution in [0.4, 0.5) is 0 Å². The number of rotatable bonds is 4. The van der Waals surface area contributed by atoms with Crippen LogP contribution in [0.15, 0.2) is 12.2 Å². The third kappa shape index (κ3) is 4.38. The number of ketones is 1. The van der Waals surface area contributed by atoms with Gasteiger partial charge in [0.05, 0.1) is 5.92 Å². The molecule has 2 atom stereocenters. The molecule has 0 saturated heterocycles. The molecule has 0 bridgehead atoms. The van der Waals surface area contributed by atoms with Gasteiger partial charge >= 0.3 is 11.9 Å². The summed E-state index contributed by atoms with van der Waals surface area (Å²) in [4.78, 5) is 33.3. The molecule has 0 heterocycles. The van der Waals surface area contributed by atoms with Gasteiger partial charge in [0, 0.05) is 13.8 Å². The lowest BCUT2D eigenvalue weighted by Crippen LogP contribution is -2.34. The Morgan fingerprint density at radius 1 is 1.24 bits per heavy atom. The van der Waals surface area contributed by atoms with Crippen molar-refractivity contribution in [3.8, 4) is 0 Å². The average molecular weight is 240 g/mol. The van der Waals surface area contributed by atoms with Crippen LogP contribution in [0, 0.1) is 5.92 Å². The van der Waals surface area contributed by atoms with E-state index in [2.05, 4.69) is 4.74 Å². The van der Waals surface area contributed by atoms with E-state index in [1.165, 1.54) is 13.8 Å². The van der Waals surface area contributed by atoms with Gasteiger partial charge in [-0.2, -0.15) is 0 Å². The van der Waals surface area contributed by atoms with E-state index in [9.17, 15) is 14.4 Å². The van der Waals surface area contributed by atoms with Crippen molar-refractivity contribution in [3.05, 3.63) is 12.2 Å². The smallest absolute Gasteiger partial charge is 0.303 e. The maximum atomic E-state index is 11.8. The zero-order chi connectivity index (χ0) is 12.8. The van der Waals surface area contributed by atoms with Gasteiger partial charge in [0.2, 0.25) is 0 Å². The Balaban J connectivity index is 2.59. The highest BCUT2D eigenvalue weighted by Gasteiger charge is 2.30. The van der Waals surface area contributed by atoms with E-state index in [4.69, 9.17) is 4.74 Å². The lowest BCUT2D eigenvalue weighted by atomic mass is 9.88. The van der Waals surface area contributed by atoms with Crippen molar-refractivity contribution >= 4 is 17.7 Å². The molecule has 0 aromatic carbocycles. The second-order valence-electron chi connectivity index (χ2n) is 3.93.